The Labute approximate surface area is 196 Å². The second-order valence-corrected chi connectivity index (χ2v) is 10.6. The molecule has 170 valence electrons. The predicted molar refractivity (Wildman–Crippen MR) is 128 cm³/mol. The summed E-state index contributed by atoms with van der Waals surface area (Å²) in [7, 11) is -2.75. The summed E-state index contributed by atoms with van der Waals surface area (Å²) in [6.07, 6.45) is 0. The third-order valence-corrected chi connectivity index (χ3v) is 8.26. The highest BCUT2D eigenvalue weighted by molar-refractivity contribution is 7.93. The van der Waals surface area contributed by atoms with E-state index in [9.17, 15) is 17.6 Å². The van der Waals surface area contributed by atoms with Gasteiger partial charge in [0.25, 0.3) is 15.9 Å². The van der Waals surface area contributed by atoms with E-state index in [-0.39, 0.29) is 15.3 Å². The maximum atomic E-state index is 14.0. The molecule has 2 aromatic heterocycles. The molecule has 0 unspecified atom stereocenters. The molecule has 0 fully saturated rings. The molecule has 0 N–H and O–H groups in total. The summed E-state index contributed by atoms with van der Waals surface area (Å²) in [4.78, 5) is 13.3. The largest absolute Gasteiger partial charge is 0.289 e. The molecule has 0 radical (unpaired) electrons. The van der Waals surface area contributed by atoms with Gasteiger partial charge in [-0.3, -0.25) is 9.10 Å². The number of anilines is 1. The van der Waals surface area contributed by atoms with Gasteiger partial charge in [-0.2, -0.15) is 5.10 Å². The number of hydrogen-bond donors (Lipinski definition) is 0. The lowest BCUT2D eigenvalue weighted by atomic mass is 10.1. The minimum absolute atomic E-state index is 0.0134. The number of aryl methyl sites for hydroxylation is 3. The Morgan fingerprint density at radius 1 is 1.06 bits per heavy atom. The van der Waals surface area contributed by atoms with Gasteiger partial charge in [0.2, 0.25) is 0 Å². The fourth-order valence-electron chi connectivity index (χ4n) is 3.57. The lowest BCUT2D eigenvalue weighted by Gasteiger charge is -2.21. The molecule has 0 amide bonds. The first-order valence-corrected chi connectivity index (χ1v) is 12.4. The van der Waals surface area contributed by atoms with E-state index in [1.165, 1.54) is 29.9 Å². The molecular weight excluding hydrogens is 461 g/mol. The molecule has 0 saturated heterocycles. The SMILES string of the molecule is Cc1ccc(N(C)S(=O)(=O)c2c(-c3cccc(F)c3)csc2C(=O)n2nc(C)cc2C)cc1. The summed E-state index contributed by atoms with van der Waals surface area (Å²) in [6, 6.07) is 14.4. The van der Waals surface area contributed by atoms with Crippen LogP contribution in [0.1, 0.15) is 26.6 Å². The quantitative estimate of drug-likeness (QED) is 0.392. The summed E-state index contributed by atoms with van der Waals surface area (Å²) in [5.74, 6) is -1.05. The van der Waals surface area contributed by atoms with E-state index in [0.29, 0.717) is 22.6 Å². The van der Waals surface area contributed by atoms with Crippen molar-refractivity contribution in [2.75, 3.05) is 11.4 Å². The van der Waals surface area contributed by atoms with Crippen molar-refractivity contribution in [2.24, 2.45) is 0 Å². The van der Waals surface area contributed by atoms with Gasteiger partial charge in [-0.15, -0.1) is 11.3 Å². The Morgan fingerprint density at radius 2 is 1.76 bits per heavy atom. The minimum Gasteiger partial charge on any atom is -0.269 e. The molecule has 0 saturated carbocycles. The van der Waals surface area contributed by atoms with Gasteiger partial charge in [0.1, 0.15) is 15.6 Å². The summed E-state index contributed by atoms with van der Waals surface area (Å²) in [6.45, 7) is 5.39. The number of halogens is 1. The molecule has 9 heteroatoms. The highest BCUT2D eigenvalue weighted by Crippen LogP contribution is 2.38. The predicted octanol–water partition coefficient (Wildman–Crippen LogP) is 5.19. The van der Waals surface area contributed by atoms with Crippen LogP contribution in [0.2, 0.25) is 0 Å². The highest BCUT2D eigenvalue weighted by Gasteiger charge is 2.34. The van der Waals surface area contributed by atoms with E-state index < -0.39 is 21.7 Å². The van der Waals surface area contributed by atoms with Crippen molar-refractivity contribution in [3.8, 4) is 11.1 Å². The number of benzene rings is 2. The van der Waals surface area contributed by atoms with E-state index in [2.05, 4.69) is 5.10 Å². The minimum atomic E-state index is -4.18. The van der Waals surface area contributed by atoms with Gasteiger partial charge in [0.05, 0.1) is 11.4 Å². The van der Waals surface area contributed by atoms with Crippen molar-refractivity contribution in [1.82, 2.24) is 9.78 Å². The molecule has 33 heavy (non-hydrogen) atoms. The Hall–Kier alpha value is -3.30. The normalized spacial score (nSPS) is 11.5. The number of thiophene rings is 1. The van der Waals surface area contributed by atoms with Crippen LogP contribution >= 0.6 is 11.3 Å². The molecule has 4 rings (SSSR count). The highest BCUT2D eigenvalue weighted by atomic mass is 32.2. The zero-order chi connectivity index (χ0) is 23.9. The van der Waals surface area contributed by atoms with E-state index >= 15 is 0 Å². The van der Waals surface area contributed by atoms with Gasteiger partial charge in [-0.1, -0.05) is 29.8 Å². The van der Waals surface area contributed by atoms with Crippen molar-refractivity contribution >= 4 is 33.0 Å². The monoisotopic (exact) mass is 483 g/mol. The zero-order valence-corrected chi connectivity index (χ0v) is 20.2. The fraction of sp³-hybridized carbons (Fsp3) is 0.167. The standard InChI is InChI=1S/C24H22FN3O3S2/c1-15-8-10-20(11-9-15)27(4)33(30,31)23-21(18-6-5-7-19(25)13-18)14-32-22(23)24(29)28-17(3)12-16(2)26-28/h5-14H,1-4H3. The molecule has 0 aliphatic heterocycles. The van der Waals surface area contributed by atoms with Crippen LogP contribution in [0.3, 0.4) is 0 Å². The molecular formula is C24H22FN3O3S2. The van der Waals surface area contributed by atoms with Crippen LogP contribution in [0.4, 0.5) is 10.1 Å². The maximum Gasteiger partial charge on any atom is 0.289 e. The van der Waals surface area contributed by atoms with Crippen molar-refractivity contribution < 1.29 is 17.6 Å². The molecule has 0 aliphatic rings. The van der Waals surface area contributed by atoms with Crippen molar-refractivity contribution in [3.05, 3.63) is 87.6 Å². The molecule has 0 atom stereocenters. The number of nitrogens with zero attached hydrogens (tertiary/aromatic N) is 3. The number of rotatable bonds is 5. The van der Waals surface area contributed by atoms with Crippen LogP contribution in [-0.4, -0.2) is 31.2 Å². The lowest BCUT2D eigenvalue weighted by molar-refractivity contribution is 0.0943. The molecule has 0 spiro atoms. The lowest BCUT2D eigenvalue weighted by Crippen LogP contribution is -2.28. The first-order valence-electron chi connectivity index (χ1n) is 10.1. The average Bonchev–Trinajstić information content (AvgIpc) is 3.37. The fourth-order valence-corrected chi connectivity index (χ4v) is 6.45. The second kappa shape index (κ2) is 8.57. The van der Waals surface area contributed by atoms with E-state index in [1.807, 2.05) is 19.1 Å². The van der Waals surface area contributed by atoms with Gasteiger partial charge >= 0.3 is 0 Å². The van der Waals surface area contributed by atoms with Crippen molar-refractivity contribution in [3.63, 3.8) is 0 Å². The molecule has 6 nitrogen and oxygen atoms in total. The van der Waals surface area contributed by atoms with E-state index in [1.54, 1.807) is 43.5 Å². The van der Waals surface area contributed by atoms with Gasteiger partial charge in [0, 0.05) is 23.7 Å². The van der Waals surface area contributed by atoms with Crippen LogP contribution in [0, 0.1) is 26.6 Å². The first kappa shape index (κ1) is 22.9. The van der Waals surface area contributed by atoms with Gasteiger partial charge in [-0.25, -0.2) is 17.5 Å². The topological polar surface area (TPSA) is 72.3 Å². The zero-order valence-electron chi connectivity index (χ0n) is 18.5. The van der Waals surface area contributed by atoms with Gasteiger partial charge < -0.3 is 0 Å². The Morgan fingerprint density at radius 3 is 2.36 bits per heavy atom. The molecule has 0 aliphatic carbocycles. The van der Waals surface area contributed by atoms with Gasteiger partial charge in [-0.05, 0) is 56.7 Å². The summed E-state index contributed by atoms with van der Waals surface area (Å²) in [5, 5.41) is 5.80. The summed E-state index contributed by atoms with van der Waals surface area (Å²) in [5.41, 5.74) is 3.30. The van der Waals surface area contributed by atoms with Crippen molar-refractivity contribution in [2.45, 2.75) is 25.7 Å². The van der Waals surface area contributed by atoms with E-state index in [4.69, 9.17) is 0 Å². The van der Waals surface area contributed by atoms with E-state index in [0.717, 1.165) is 21.2 Å². The molecule has 0 bridgehead atoms. The first-order chi connectivity index (χ1) is 15.6. The number of aromatic nitrogens is 2. The number of carbonyl (C=O) groups is 1. The average molecular weight is 484 g/mol. The summed E-state index contributed by atoms with van der Waals surface area (Å²) >= 11 is 1.00. The van der Waals surface area contributed by atoms with Crippen molar-refractivity contribution in [1.29, 1.82) is 0 Å². The Balaban J connectivity index is 1.93. The molecule has 2 heterocycles. The third kappa shape index (κ3) is 4.21. The smallest absolute Gasteiger partial charge is 0.269 e. The third-order valence-electron chi connectivity index (χ3n) is 5.29. The number of carbonyl (C=O) groups excluding carboxylic acids is 1. The Bertz CT molecular complexity index is 1450. The Kier molecular flexibility index (Phi) is 5.94. The second-order valence-electron chi connectivity index (χ2n) is 7.77. The van der Waals surface area contributed by atoms with Crippen LogP contribution in [-0.2, 0) is 10.0 Å². The van der Waals surface area contributed by atoms with Crippen LogP contribution in [0.25, 0.3) is 11.1 Å². The van der Waals surface area contributed by atoms with Crippen LogP contribution < -0.4 is 4.31 Å². The number of sulfonamides is 1. The van der Waals surface area contributed by atoms with Crippen LogP contribution in [0.5, 0.6) is 0 Å². The molecule has 2 aromatic carbocycles. The molecule has 4 aromatic rings. The van der Waals surface area contributed by atoms with Gasteiger partial charge in [0.15, 0.2) is 0 Å². The summed E-state index contributed by atoms with van der Waals surface area (Å²) < 4.78 is 44.0. The maximum absolute atomic E-state index is 14.0. The number of hydrogen-bond acceptors (Lipinski definition) is 5. The van der Waals surface area contributed by atoms with Crippen LogP contribution in [0.15, 0.2) is 64.9 Å².